The molecule has 0 bridgehead atoms. The maximum atomic E-state index is 12.8. The zero-order chi connectivity index (χ0) is 33.8. The number of hydrogen-bond donors (Lipinski definition) is 7. The number of rotatable bonds is 18. The van der Waals surface area contributed by atoms with Crippen LogP contribution in [0.5, 0.6) is 0 Å². The average Bonchev–Trinajstić information content (AvgIpc) is 2.93. The number of carbonyl (C=O) groups is 7. The molecule has 1 unspecified atom stereocenters. The molecule has 256 valence electrons. The van der Waals surface area contributed by atoms with Gasteiger partial charge in [0.05, 0.1) is 32.6 Å². The number of carboxylic acids is 3. The summed E-state index contributed by atoms with van der Waals surface area (Å²) in [6.07, 6.45) is 1.03. The summed E-state index contributed by atoms with van der Waals surface area (Å²) in [4.78, 5) is 89.8. The van der Waals surface area contributed by atoms with Crippen molar-refractivity contribution in [2.75, 3.05) is 91.6 Å². The standard InChI is InChI=1S/C27H48N8O10/c1-2-3-5-30-27(45)20(15-21(28)36)31-22(37)4-6-29-23(38)16-32-7-9-33(17-24(39)40)11-13-35(19-26(43)44)14-12-34(10-8-32)18-25(41)42/h20H,2-19H2,1H3,(H2,28,36)(H,29,38)(H,30,45)(H,31,37)(H,39,40)(H,41,42)(H,43,44). The molecule has 18 heteroatoms. The number of nitrogens with one attached hydrogen (secondary N) is 3. The molecule has 8 N–H and O–H groups in total. The maximum Gasteiger partial charge on any atom is 0.317 e. The van der Waals surface area contributed by atoms with Crippen LogP contribution in [0.25, 0.3) is 0 Å². The number of carboxylic acid groups (broad SMARTS) is 3. The SMILES string of the molecule is CCCCNC(=O)C(CC(N)=O)NC(=O)CCNC(=O)CN1CCN(CC(=O)O)CCN(CC(=O)O)CCN(CC(=O)O)CC1. The van der Waals surface area contributed by atoms with Crippen LogP contribution in [0.3, 0.4) is 0 Å². The summed E-state index contributed by atoms with van der Waals surface area (Å²) in [7, 11) is 0. The Balaban J connectivity index is 2.80. The van der Waals surface area contributed by atoms with Crippen LogP contribution in [-0.2, 0) is 33.6 Å². The summed E-state index contributed by atoms with van der Waals surface area (Å²) in [5, 5.41) is 35.7. The Bertz CT molecular complexity index is 982. The van der Waals surface area contributed by atoms with Gasteiger partial charge in [-0.1, -0.05) is 13.3 Å². The van der Waals surface area contributed by atoms with Crippen LogP contribution < -0.4 is 21.7 Å². The zero-order valence-corrected chi connectivity index (χ0v) is 25.9. The van der Waals surface area contributed by atoms with Crippen LogP contribution in [-0.4, -0.2) is 174 Å². The number of primary amides is 1. The highest BCUT2D eigenvalue weighted by Gasteiger charge is 2.23. The normalized spacial score (nSPS) is 16.8. The monoisotopic (exact) mass is 644 g/mol. The Kier molecular flexibility index (Phi) is 18.9. The Hall–Kier alpha value is -3.87. The predicted octanol–water partition coefficient (Wildman–Crippen LogP) is -3.76. The molecule has 0 aromatic rings. The van der Waals surface area contributed by atoms with E-state index in [2.05, 4.69) is 16.0 Å². The van der Waals surface area contributed by atoms with Gasteiger partial charge in [-0.3, -0.25) is 53.2 Å². The predicted molar refractivity (Wildman–Crippen MR) is 160 cm³/mol. The molecule has 1 rings (SSSR count). The van der Waals surface area contributed by atoms with Crippen molar-refractivity contribution in [3.05, 3.63) is 0 Å². The second-order valence-corrected chi connectivity index (χ2v) is 10.8. The van der Waals surface area contributed by atoms with Crippen LogP contribution in [0.2, 0.25) is 0 Å². The Labute approximate surface area is 262 Å². The quantitative estimate of drug-likeness (QED) is 0.0708. The van der Waals surface area contributed by atoms with Gasteiger partial charge in [-0.15, -0.1) is 0 Å². The topological polar surface area (TPSA) is 255 Å². The van der Waals surface area contributed by atoms with Gasteiger partial charge in [0.1, 0.15) is 6.04 Å². The first-order chi connectivity index (χ1) is 21.3. The molecule has 18 nitrogen and oxygen atoms in total. The first kappa shape index (κ1) is 39.2. The van der Waals surface area contributed by atoms with Crippen molar-refractivity contribution in [3.63, 3.8) is 0 Å². The van der Waals surface area contributed by atoms with Crippen LogP contribution in [0.15, 0.2) is 0 Å². The van der Waals surface area contributed by atoms with E-state index in [1.807, 2.05) is 6.92 Å². The number of nitrogens with zero attached hydrogens (tertiary/aromatic N) is 4. The van der Waals surface area contributed by atoms with Crippen LogP contribution in [0.4, 0.5) is 0 Å². The summed E-state index contributed by atoms with van der Waals surface area (Å²) in [6, 6.07) is -1.14. The molecule has 45 heavy (non-hydrogen) atoms. The van der Waals surface area contributed by atoms with Gasteiger partial charge in [-0.25, -0.2) is 0 Å². The van der Waals surface area contributed by atoms with Gasteiger partial charge in [0.2, 0.25) is 23.6 Å². The molecule has 1 aliphatic rings. The van der Waals surface area contributed by atoms with Gasteiger partial charge >= 0.3 is 17.9 Å². The minimum atomic E-state index is -1.14. The fourth-order valence-corrected chi connectivity index (χ4v) is 4.55. The van der Waals surface area contributed by atoms with Crippen molar-refractivity contribution < 1.29 is 48.9 Å². The highest BCUT2D eigenvalue weighted by atomic mass is 16.4. The van der Waals surface area contributed by atoms with Crippen molar-refractivity contribution in [2.24, 2.45) is 5.73 Å². The smallest absolute Gasteiger partial charge is 0.317 e. The molecule has 0 aliphatic carbocycles. The first-order valence-corrected chi connectivity index (χ1v) is 15.0. The number of carbonyl (C=O) groups excluding carboxylic acids is 4. The van der Waals surface area contributed by atoms with E-state index in [9.17, 15) is 48.9 Å². The molecule has 1 atom stereocenters. The van der Waals surface area contributed by atoms with E-state index in [-0.39, 0.29) is 97.9 Å². The van der Waals surface area contributed by atoms with E-state index < -0.39 is 47.6 Å². The minimum Gasteiger partial charge on any atom is -0.480 e. The third-order valence-corrected chi connectivity index (χ3v) is 6.93. The van der Waals surface area contributed by atoms with Gasteiger partial charge in [-0.2, -0.15) is 0 Å². The van der Waals surface area contributed by atoms with Crippen LogP contribution in [0, 0.1) is 0 Å². The molecular formula is C27H48N8O10. The highest BCUT2D eigenvalue weighted by molar-refractivity contribution is 5.91. The summed E-state index contributed by atoms with van der Waals surface area (Å²) < 4.78 is 0. The van der Waals surface area contributed by atoms with Crippen molar-refractivity contribution in [1.82, 2.24) is 35.6 Å². The third kappa shape index (κ3) is 19.2. The van der Waals surface area contributed by atoms with Gasteiger partial charge < -0.3 is 37.0 Å². The fourth-order valence-electron chi connectivity index (χ4n) is 4.55. The lowest BCUT2D eigenvalue weighted by atomic mass is 10.1. The summed E-state index contributed by atoms with van der Waals surface area (Å²) in [5.41, 5.74) is 5.21. The maximum absolute atomic E-state index is 12.8. The van der Waals surface area contributed by atoms with Gasteiger partial charge in [-0.05, 0) is 6.42 Å². The second-order valence-electron chi connectivity index (χ2n) is 10.8. The van der Waals surface area contributed by atoms with Crippen molar-refractivity contribution in [3.8, 4) is 0 Å². The summed E-state index contributed by atoms with van der Waals surface area (Å²) in [6.45, 7) is 3.37. The fraction of sp³-hybridized carbons (Fsp3) is 0.741. The Morgan fingerprint density at radius 3 is 1.44 bits per heavy atom. The third-order valence-electron chi connectivity index (χ3n) is 6.93. The molecule has 0 radical (unpaired) electrons. The van der Waals surface area contributed by atoms with Crippen molar-refractivity contribution in [1.29, 1.82) is 0 Å². The van der Waals surface area contributed by atoms with Crippen LogP contribution in [0.1, 0.15) is 32.6 Å². The van der Waals surface area contributed by atoms with Gasteiger partial charge in [0.15, 0.2) is 0 Å². The number of unbranched alkanes of at least 4 members (excludes halogenated alkanes) is 1. The molecule has 1 aliphatic heterocycles. The molecular weight excluding hydrogens is 596 g/mol. The van der Waals surface area contributed by atoms with E-state index >= 15 is 0 Å². The highest BCUT2D eigenvalue weighted by Crippen LogP contribution is 2.02. The van der Waals surface area contributed by atoms with Gasteiger partial charge in [0, 0.05) is 71.9 Å². The molecule has 0 aromatic carbocycles. The molecule has 4 amide bonds. The summed E-state index contributed by atoms with van der Waals surface area (Å²) in [5.74, 6) is -5.45. The zero-order valence-electron chi connectivity index (χ0n) is 25.9. The average molecular weight is 645 g/mol. The number of aliphatic carboxylic acids is 3. The molecule has 1 heterocycles. The Morgan fingerprint density at radius 1 is 0.644 bits per heavy atom. The Morgan fingerprint density at radius 2 is 1.07 bits per heavy atom. The van der Waals surface area contributed by atoms with E-state index in [1.54, 1.807) is 19.6 Å². The minimum absolute atomic E-state index is 0.0606. The van der Waals surface area contributed by atoms with E-state index in [1.165, 1.54) is 0 Å². The van der Waals surface area contributed by atoms with E-state index in [4.69, 9.17) is 5.73 Å². The lowest BCUT2D eigenvalue weighted by Crippen LogP contribution is -2.50. The van der Waals surface area contributed by atoms with Gasteiger partial charge in [0.25, 0.3) is 0 Å². The molecule has 0 saturated carbocycles. The largest absolute Gasteiger partial charge is 0.480 e. The lowest BCUT2D eigenvalue weighted by Gasteiger charge is -2.32. The lowest BCUT2D eigenvalue weighted by molar-refractivity contribution is -0.140. The molecule has 0 aromatic heterocycles. The number of nitrogens with two attached hydrogens (primary N) is 1. The van der Waals surface area contributed by atoms with Crippen LogP contribution >= 0.6 is 0 Å². The first-order valence-electron chi connectivity index (χ1n) is 15.0. The van der Waals surface area contributed by atoms with Crippen molar-refractivity contribution >= 4 is 41.5 Å². The molecule has 1 fully saturated rings. The van der Waals surface area contributed by atoms with Crippen molar-refractivity contribution in [2.45, 2.75) is 38.6 Å². The molecule has 1 saturated heterocycles. The number of amides is 4. The second kappa shape index (κ2) is 21.8. The summed E-state index contributed by atoms with van der Waals surface area (Å²) >= 11 is 0. The molecule has 0 spiro atoms. The van der Waals surface area contributed by atoms with E-state index in [0.29, 0.717) is 6.54 Å². The number of hydrogen-bond acceptors (Lipinski definition) is 11. The van der Waals surface area contributed by atoms with E-state index in [0.717, 1.165) is 12.8 Å².